The fraction of sp³-hybridized carbons (Fsp3) is 0.364. The first-order valence-corrected chi connectivity index (χ1v) is 9.80. The highest BCUT2D eigenvalue weighted by Gasteiger charge is 2.12. The molecule has 0 atom stereocenters. The van der Waals surface area contributed by atoms with Crippen LogP contribution in [0.25, 0.3) is 0 Å². The summed E-state index contributed by atoms with van der Waals surface area (Å²) < 4.78 is 5.35. The molecular weight excluding hydrogens is 354 g/mol. The summed E-state index contributed by atoms with van der Waals surface area (Å²) in [6, 6.07) is 14.3. The van der Waals surface area contributed by atoms with Crippen LogP contribution in [-0.4, -0.2) is 36.4 Å². The van der Waals surface area contributed by atoms with Gasteiger partial charge in [-0.05, 0) is 74.8 Å². The maximum absolute atomic E-state index is 12.3. The molecule has 1 heterocycles. The average molecular weight is 381 g/mol. The van der Waals surface area contributed by atoms with E-state index in [0.717, 1.165) is 19.6 Å². The van der Waals surface area contributed by atoms with Crippen LogP contribution in [0.2, 0.25) is 0 Å². The molecule has 2 amide bonds. The van der Waals surface area contributed by atoms with Gasteiger partial charge in [-0.3, -0.25) is 25.3 Å². The number of hydrogen-bond donors (Lipinski definition) is 2. The molecule has 2 aromatic carbocycles. The third kappa shape index (κ3) is 5.57. The number of nitrogens with zero attached hydrogens (tertiary/aromatic N) is 1. The summed E-state index contributed by atoms with van der Waals surface area (Å²) in [5, 5.41) is 0. The van der Waals surface area contributed by atoms with Crippen molar-refractivity contribution in [1.29, 1.82) is 0 Å². The largest absolute Gasteiger partial charge is 0.494 e. The third-order valence-corrected chi connectivity index (χ3v) is 4.79. The van der Waals surface area contributed by atoms with Crippen LogP contribution in [0.4, 0.5) is 0 Å². The SMILES string of the molecule is CCOc1ccc(C(=O)NNC(=O)c2ccc(CN3CCCCC3)cc2)cc1. The third-order valence-electron chi connectivity index (χ3n) is 4.79. The van der Waals surface area contributed by atoms with Crippen LogP contribution in [0.1, 0.15) is 52.5 Å². The quantitative estimate of drug-likeness (QED) is 0.754. The zero-order valence-electron chi connectivity index (χ0n) is 16.2. The van der Waals surface area contributed by atoms with Crippen LogP contribution in [0, 0.1) is 0 Å². The van der Waals surface area contributed by atoms with Gasteiger partial charge in [0.05, 0.1) is 6.61 Å². The van der Waals surface area contributed by atoms with Gasteiger partial charge in [-0.15, -0.1) is 0 Å². The smallest absolute Gasteiger partial charge is 0.269 e. The molecule has 1 saturated heterocycles. The maximum Gasteiger partial charge on any atom is 0.269 e. The second-order valence-electron chi connectivity index (χ2n) is 6.90. The molecule has 0 spiro atoms. The Balaban J connectivity index is 1.49. The van der Waals surface area contributed by atoms with Crippen molar-refractivity contribution in [3.05, 3.63) is 65.2 Å². The van der Waals surface area contributed by atoms with Gasteiger partial charge in [0.1, 0.15) is 5.75 Å². The minimum Gasteiger partial charge on any atom is -0.494 e. The number of hydrogen-bond acceptors (Lipinski definition) is 4. The highest BCUT2D eigenvalue weighted by molar-refractivity contribution is 5.99. The Morgan fingerprint density at radius 3 is 1.93 bits per heavy atom. The van der Waals surface area contributed by atoms with Crippen molar-refractivity contribution in [2.45, 2.75) is 32.7 Å². The van der Waals surface area contributed by atoms with Crippen molar-refractivity contribution in [2.75, 3.05) is 19.7 Å². The van der Waals surface area contributed by atoms with Gasteiger partial charge in [-0.2, -0.15) is 0 Å². The number of likely N-dealkylation sites (tertiary alicyclic amines) is 1. The molecule has 1 aliphatic heterocycles. The second kappa shape index (κ2) is 9.90. The summed E-state index contributed by atoms with van der Waals surface area (Å²) in [6.07, 6.45) is 3.83. The Labute approximate surface area is 165 Å². The lowest BCUT2D eigenvalue weighted by atomic mass is 10.1. The van der Waals surface area contributed by atoms with Gasteiger partial charge in [0.15, 0.2) is 0 Å². The highest BCUT2D eigenvalue weighted by Crippen LogP contribution is 2.14. The normalized spacial score (nSPS) is 14.3. The highest BCUT2D eigenvalue weighted by atomic mass is 16.5. The molecule has 0 aliphatic carbocycles. The van der Waals surface area contributed by atoms with Gasteiger partial charge in [0, 0.05) is 17.7 Å². The summed E-state index contributed by atoms with van der Waals surface area (Å²) in [7, 11) is 0. The molecule has 0 radical (unpaired) electrons. The number of piperidine rings is 1. The number of benzene rings is 2. The van der Waals surface area contributed by atoms with Crippen LogP contribution in [0.3, 0.4) is 0 Å². The van der Waals surface area contributed by atoms with Gasteiger partial charge < -0.3 is 4.74 Å². The maximum atomic E-state index is 12.3. The molecule has 6 heteroatoms. The molecule has 0 bridgehead atoms. The predicted octanol–water partition coefficient (Wildman–Crippen LogP) is 3.15. The van der Waals surface area contributed by atoms with E-state index in [1.54, 1.807) is 36.4 Å². The average Bonchev–Trinajstić information content (AvgIpc) is 2.74. The molecule has 1 fully saturated rings. The van der Waals surface area contributed by atoms with Crippen LogP contribution in [0.5, 0.6) is 5.75 Å². The van der Waals surface area contributed by atoms with E-state index in [-0.39, 0.29) is 11.8 Å². The first-order chi connectivity index (χ1) is 13.7. The summed E-state index contributed by atoms with van der Waals surface area (Å²) in [6.45, 7) is 5.66. The predicted molar refractivity (Wildman–Crippen MR) is 108 cm³/mol. The van der Waals surface area contributed by atoms with E-state index in [0.29, 0.717) is 23.5 Å². The molecule has 2 aromatic rings. The van der Waals surface area contributed by atoms with Crippen LogP contribution in [0.15, 0.2) is 48.5 Å². The van der Waals surface area contributed by atoms with E-state index in [1.807, 2.05) is 19.1 Å². The van der Waals surface area contributed by atoms with Crippen molar-refractivity contribution in [3.8, 4) is 5.75 Å². The number of carbonyl (C=O) groups is 2. The fourth-order valence-electron chi connectivity index (χ4n) is 3.26. The van der Waals surface area contributed by atoms with E-state index in [4.69, 9.17) is 4.74 Å². The molecule has 0 aromatic heterocycles. The Morgan fingerprint density at radius 2 is 1.39 bits per heavy atom. The molecule has 28 heavy (non-hydrogen) atoms. The van der Waals surface area contributed by atoms with Crippen molar-refractivity contribution in [1.82, 2.24) is 15.8 Å². The monoisotopic (exact) mass is 381 g/mol. The Morgan fingerprint density at radius 1 is 0.857 bits per heavy atom. The van der Waals surface area contributed by atoms with Gasteiger partial charge >= 0.3 is 0 Å². The molecule has 1 aliphatic rings. The minimum absolute atomic E-state index is 0.344. The van der Waals surface area contributed by atoms with E-state index >= 15 is 0 Å². The first-order valence-electron chi connectivity index (χ1n) is 9.80. The second-order valence-corrected chi connectivity index (χ2v) is 6.90. The van der Waals surface area contributed by atoms with E-state index in [9.17, 15) is 9.59 Å². The zero-order chi connectivity index (χ0) is 19.8. The molecule has 3 rings (SSSR count). The van der Waals surface area contributed by atoms with Crippen molar-refractivity contribution < 1.29 is 14.3 Å². The van der Waals surface area contributed by atoms with Gasteiger partial charge in [-0.25, -0.2) is 0 Å². The fourth-order valence-corrected chi connectivity index (χ4v) is 3.26. The van der Waals surface area contributed by atoms with Crippen molar-refractivity contribution in [3.63, 3.8) is 0 Å². The topological polar surface area (TPSA) is 70.7 Å². The van der Waals surface area contributed by atoms with Crippen molar-refractivity contribution >= 4 is 11.8 Å². The minimum atomic E-state index is -0.377. The number of ether oxygens (including phenoxy) is 1. The zero-order valence-corrected chi connectivity index (χ0v) is 16.2. The summed E-state index contributed by atoms with van der Waals surface area (Å²) in [5.41, 5.74) is 7.04. The van der Waals surface area contributed by atoms with Crippen LogP contribution < -0.4 is 15.6 Å². The Kier molecular flexibility index (Phi) is 7.03. The van der Waals surface area contributed by atoms with E-state index in [2.05, 4.69) is 15.8 Å². The molecule has 2 N–H and O–H groups in total. The summed E-state index contributed by atoms with van der Waals surface area (Å²) in [4.78, 5) is 26.9. The van der Waals surface area contributed by atoms with Gasteiger partial charge in [0.25, 0.3) is 11.8 Å². The number of hydrazine groups is 1. The Hall–Kier alpha value is -2.86. The summed E-state index contributed by atoms with van der Waals surface area (Å²) in [5.74, 6) is -0.0188. The lowest BCUT2D eigenvalue weighted by Crippen LogP contribution is -2.41. The van der Waals surface area contributed by atoms with E-state index < -0.39 is 0 Å². The Bertz CT molecular complexity index is 782. The van der Waals surface area contributed by atoms with Crippen LogP contribution in [-0.2, 0) is 6.54 Å². The van der Waals surface area contributed by atoms with E-state index in [1.165, 1.54) is 24.8 Å². The molecule has 6 nitrogen and oxygen atoms in total. The molecule has 0 unspecified atom stereocenters. The number of carbonyl (C=O) groups excluding carboxylic acids is 2. The lowest BCUT2D eigenvalue weighted by molar-refractivity contribution is 0.0846. The number of nitrogens with one attached hydrogen (secondary N) is 2. The first kappa shape index (κ1) is 19.9. The molecule has 0 saturated carbocycles. The lowest BCUT2D eigenvalue weighted by Gasteiger charge is -2.26. The standard InChI is InChI=1S/C22H27N3O3/c1-2-28-20-12-10-19(11-13-20)22(27)24-23-21(26)18-8-6-17(7-9-18)16-25-14-4-3-5-15-25/h6-13H,2-5,14-16H2,1H3,(H,23,26)(H,24,27). The summed E-state index contributed by atoms with van der Waals surface area (Å²) >= 11 is 0. The van der Waals surface area contributed by atoms with Crippen molar-refractivity contribution in [2.24, 2.45) is 0 Å². The molecular formula is C22H27N3O3. The van der Waals surface area contributed by atoms with Crippen LogP contribution >= 0.6 is 0 Å². The number of amides is 2. The van der Waals surface area contributed by atoms with Gasteiger partial charge in [0.2, 0.25) is 0 Å². The number of rotatable bonds is 6. The van der Waals surface area contributed by atoms with Gasteiger partial charge in [-0.1, -0.05) is 18.6 Å². The molecule has 148 valence electrons.